The summed E-state index contributed by atoms with van der Waals surface area (Å²) in [6.07, 6.45) is 0. The number of nitrogens with zero attached hydrogens (tertiary/aromatic N) is 4. The Morgan fingerprint density at radius 2 is 0.841 bits per heavy atom. The third-order valence-electron chi connectivity index (χ3n) is 13.1. The Morgan fingerprint density at radius 1 is 0.333 bits per heavy atom. The van der Waals surface area contributed by atoms with Gasteiger partial charge >= 0.3 is 0 Å². The van der Waals surface area contributed by atoms with Crippen molar-refractivity contribution in [2.45, 2.75) is 0 Å². The van der Waals surface area contributed by atoms with E-state index in [-0.39, 0.29) is 0 Å². The van der Waals surface area contributed by atoms with Crippen LogP contribution in [0.3, 0.4) is 0 Å². The van der Waals surface area contributed by atoms with Gasteiger partial charge in [-0.1, -0.05) is 140 Å². The largest absolute Gasteiger partial charge is 0.456 e. The van der Waals surface area contributed by atoms with E-state index in [4.69, 9.17) is 14.4 Å². The van der Waals surface area contributed by atoms with Gasteiger partial charge in [-0.2, -0.15) is 0 Å². The molecule has 14 rings (SSSR count). The number of benzene rings is 10. The van der Waals surface area contributed by atoms with Gasteiger partial charge in [0, 0.05) is 59.7 Å². The summed E-state index contributed by atoms with van der Waals surface area (Å²) in [7, 11) is 0. The van der Waals surface area contributed by atoms with E-state index >= 15 is 0 Å². The number of para-hydroxylation sites is 5. The van der Waals surface area contributed by atoms with Crippen LogP contribution in [0.25, 0.3) is 132 Å². The van der Waals surface area contributed by atoms with Crippen LogP contribution in [-0.4, -0.2) is 19.1 Å². The van der Waals surface area contributed by atoms with Crippen LogP contribution in [0.5, 0.6) is 0 Å². The zero-order valence-corrected chi connectivity index (χ0v) is 33.8. The van der Waals surface area contributed by atoms with Crippen molar-refractivity contribution >= 4 is 98.0 Å². The Morgan fingerprint density at radius 3 is 1.52 bits per heavy atom. The normalized spacial score (nSPS) is 12.1. The van der Waals surface area contributed by atoms with E-state index in [1.165, 1.54) is 49.1 Å². The first-order valence-corrected chi connectivity index (χ1v) is 21.4. The molecule has 0 bridgehead atoms. The lowest BCUT2D eigenvalue weighted by Gasteiger charge is -2.16. The van der Waals surface area contributed by atoms with Gasteiger partial charge in [-0.15, -0.1) is 0 Å². The number of hydrogen-bond donors (Lipinski definition) is 0. The Labute approximate surface area is 360 Å². The molecule has 10 aromatic carbocycles. The molecule has 0 unspecified atom stereocenters. The van der Waals surface area contributed by atoms with E-state index in [1.807, 2.05) is 12.1 Å². The number of fused-ring (bicyclic) bond motifs is 14. The van der Waals surface area contributed by atoms with Crippen LogP contribution in [0.1, 0.15) is 0 Å². The fourth-order valence-electron chi connectivity index (χ4n) is 10.4. The van der Waals surface area contributed by atoms with Crippen LogP contribution in [0.4, 0.5) is 0 Å². The molecule has 5 heteroatoms. The number of hydrogen-bond acceptors (Lipinski definition) is 3. The van der Waals surface area contributed by atoms with Crippen molar-refractivity contribution in [3.8, 4) is 34.0 Å². The standard InChI is InChI=1S/C58H34N4O/c1-2-16-36(17-3-1)61-51-27-13-9-20-39(51)48-33-45(37-18-4-6-23-42(37)56(48)61)46-34-49-40-21-10-14-28-52(40)62(57(49)43-24-7-5-19-38(43)46)58-59-50-26-12-8-25-44(50)55(60-58)35-30-31-54-47(32-35)41-22-11-15-29-53(41)63-54/h1-34H. The predicted octanol–water partition coefficient (Wildman–Crippen LogP) is 15.4. The molecule has 0 N–H and O–H groups in total. The summed E-state index contributed by atoms with van der Waals surface area (Å²) < 4.78 is 11.0. The van der Waals surface area contributed by atoms with Crippen molar-refractivity contribution in [1.29, 1.82) is 0 Å². The van der Waals surface area contributed by atoms with E-state index in [1.54, 1.807) is 0 Å². The molecule has 4 heterocycles. The molecule has 5 nitrogen and oxygen atoms in total. The van der Waals surface area contributed by atoms with E-state index in [9.17, 15) is 0 Å². The summed E-state index contributed by atoms with van der Waals surface area (Å²) in [5.41, 5.74) is 12.6. The first kappa shape index (κ1) is 34.2. The van der Waals surface area contributed by atoms with E-state index in [2.05, 4.69) is 203 Å². The second kappa shape index (κ2) is 13.0. The molecule has 0 saturated heterocycles. The van der Waals surface area contributed by atoms with Gasteiger partial charge in [0.15, 0.2) is 0 Å². The fourth-order valence-corrected chi connectivity index (χ4v) is 10.4. The molecule has 0 aliphatic heterocycles. The number of furan rings is 1. The highest BCUT2D eigenvalue weighted by Gasteiger charge is 2.24. The maximum atomic E-state index is 6.24. The molecule has 0 saturated carbocycles. The van der Waals surface area contributed by atoms with Crippen LogP contribution in [0.15, 0.2) is 211 Å². The zero-order chi connectivity index (χ0) is 41.2. The zero-order valence-electron chi connectivity index (χ0n) is 33.8. The van der Waals surface area contributed by atoms with Gasteiger partial charge in [0.05, 0.1) is 33.3 Å². The van der Waals surface area contributed by atoms with E-state index in [0.29, 0.717) is 5.95 Å². The van der Waals surface area contributed by atoms with Crippen LogP contribution in [-0.2, 0) is 0 Å². The third-order valence-corrected chi connectivity index (χ3v) is 13.1. The topological polar surface area (TPSA) is 48.8 Å². The van der Waals surface area contributed by atoms with Crippen molar-refractivity contribution in [2.24, 2.45) is 0 Å². The van der Waals surface area contributed by atoms with Crippen molar-refractivity contribution in [3.63, 3.8) is 0 Å². The molecule has 0 spiro atoms. The van der Waals surface area contributed by atoms with Gasteiger partial charge in [-0.3, -0.25) is 4.57 Å². The third kappa shape index (κ3) is 4.87. The highest BCUT2D eigenvalue weighted by atomic mass is 16.3. The summed E-state index contributed by atoms with van der Waals surface area (Å²) in [6, 6.07) is 73.8. The molecule has 4 aromatic heterocycles. The first-order valence-electron chi connectivity index (χ1n) is 21.4. The molecule has 0 fully saturated rings. The predicted molar refractivity (Wildman–Crippen MR) is 261 cm³/mol. The summed E-state index contributed by atoms with van der Waals surface area (Å²) in [5.74, 6) is 0.630. The lowest BCUT2D eigenvalue weighted by molar-refractivity contribution is 0.669. The molecule has 292 valence electrons. The monoisotopic (exact) mass is 802 g/mol. The minimum Gasteiger partial charge on any atom is -0.456 e. The first-order chi connectivity index (χ1) is 31.3. The van der Waals surface area contributed by atoms with Crippen LogP contribution < -0.4 is 0 Å². The fraction of sp³-hybridized carbons (Fsp3) is 0. The van der Waals surface area contributed by atoms with E-state index in [0.717, 1.165) is 77.0 Å². The average Bonchev–Trinajstić information content (AvgIpc) is 4.01. The van der Waals surface area contributed by atoms with Gasteiger partial charge in [0.25, 0.3) is 0 Å². The van der Waals surface area contributed by atoms with Crippen LogP contribution >= 0.6 is 0 Å². The lowest BCUT2D eigenvalue weighted by atomic mass is 9.90. The SMILES string of the molecule is c1ccc(-n2c3ccccc3c3cc(-c4cc5c6ccccc6n(-c6nc(-c7ccc8oc9ccccc9c8c7)c7ccccc7n6)c5c5ccccc45)c4ccccc4c32)cc1. The maximum Gasteiger partial charge on any atom is 0.235 e. The molecule has 0 radical (unpaired) electrons. The molecular formula is C58H34N4O. The highest BCUT2D eigenvalue weighted by Crippen LogP contribution is 2.46. The second-order valence-electron chi connectivity index (χ2n) is 16.5. The van der Waals surface area contributed by atoms with Gasteiger partial charge in [-0.25, -0.2) is 9.97 Å². The van der Waals surface area contributed by atoms with Gasteiger partial charge < -0.3 is 8.98 Å². The molecule has 0 amide bonds. The minimum atomic E-state index is 0.630. The second-order valence-corrected chi connectivity index (χ2v) is 16.5. The lowest BCUT2D eigenvalue weighted by Crippen LogP contribution is -2.04. The van der Waals surface area contributed by atoms with Gasteiger partial charge in [-0.05, 0) is 88.6 Å². The summed E-state index contributed by atoms with van der Waals surface area (Å²) in [5, 5.41) is 12.7. The van der Waals surface area contributed by atoms with E-state index < -0.39 is 0 Å². The highest BCUT2D eigenvalue weighted by molar-refractivity contribution is 6.27. The summed E-state index contributed by atoms with van der Waals surface area (Å²) in [6.45, 7) is 0. The average molecular weight is 803 g/mol. The number of aromatic nitrogens is 4. The summed E-state index contributed by atoms with van der Waals surface area (Å²) in [4.78, 5) is 10.9. The molecule has 0 aliphatic rings. The Hall–Kier alpha value is -8.54. The molecule has 63 heavy (non-hydrogen) atoms. The molecule has 0 aliphatic carbocycles. The van der Waals surface area contributed by atoms with Crippen LogP contribution in [0.2, 0.25) is 0 Å². The smallest absolute Gasteiger partial charge is 0.235 e. The Balaban J connectivity index is 1.07. The van der Waals surface area contributed by atoms with Gasteiger partial charge in [0.2, 0.25) is 5.95 Å². The Kier molecular flexibility index (Phi) is 7.05. The van der Waals surface area contributed by atoms with Crippen molar-refractivity contribution in [2.75, 3.05) is 0 Å². The summed E-state index contributed by atoms with van der Waals surface area (Å²) >= 11 is 0. The van der Waals surface area contributed by atoms with Crippen molar-refractivity contribution in [1.82, 2.24) is 19.1 Å². The quantitative estimate of drug-likeness (QED) is 0.178. The van der Waals surface area contributed by atoms with Crippen molar-refractivity contribution < 1.29 is 4.42 Å². The molecular weight excluding hydrogens is 769 g/mol. The maximum absolute atomic E-state index is 6.24. The molecule has 14 aromatic rings. The van der Waals surface area contributed by atoms with Gasteiger partial charge in [0.1, 0.15) is 11.2 Å². The molecule has 0 atom stereocenters. The minimum absolute atomic E-state index is 0.630. The number of rotatable bonds is 4. The Bertz CT molecular complexity index is 4210. The van der Waals surface area contributed by atoms with Crippen LogP contribution in [0, 0.1) is 0 Å². The van der Waals surface area contributed by atoms with Crippen molar-refractivity contribution in [3.05, 3.63) is 206 Å².